The third kappa shape index (κ3) is 4.35. The smallest absolute Gasteiger partial charge is 0.274 e. The summed E-state index contributed by atoms with van der Waals surface area (Å²) in [7, 11) is 0. The largest absolute Gasteiger partial charge is 0.344 e. The molecule has 0 aliphatic carbocycles. The van der Waals surface area contributed by atoms with Gasteiger partial charge in [-0.1, -0.05) is 36.4 Å². The molecule has 0 fully saturated rings. The van der Waals surface area contributed by atoms with Crippen LogP contribution in [0.25, 0.3) is 16.9 Å². The number of amides is 1. The highest BCUT2D eigenvalue weighted by molar-refractivity contribution is 5.98. The van der Waals surface area contributed by atoms with E-state index in [4.69, 9.17) is 0 Å². The third-order valence-electron chi connectivity index (χ3n) is 5.15. The maximum atomic E-state index is 13.2. The normalized spacial score (nSPS) is 11.8. The van der Waals surface area contributed by atoms with Crippen LogP contribution < -0.4 is 5.32 Å². The Morgan fingerprint density at radius 3 is 2.35 bits per heavy atom. The minimum absolute atomic E-state index is 0.208. The van der Waals surface area contributed by atoms with Crippen LogP contribution in [-0.4, -0.2) is 25.9 Å². The molecule has 156 valence electrons. The Morgan fingerprint density at radius 1 is 1.03 bits per heavy atom. The highest BCUT2D eigenvalue weighted by atomic mass is 19.1. The van der Waals surface area contributed by atoms with E-state index in [1.807, 2.05) is 43.3 Å². The Labute approximate surface area is 179 Å². The summed E-state index contributed by atoms with van der Waals surface area (Å²) in [5, 5.41) is 11.4. The van der Waals surface area contributed by atoms with E-state index in [0.717, 1.165) is 23.2 Å². The molecule has 0 aliphatic heterocycles. The van der Waals surface area contributed by atoms with Gasteiger partial charge in [0.15, 0.2) is 5.69 Å². The summed E-state index contributed by atoms with van der Waals surface area (Å²) in [6, 6.07) is 17.3. The van der Waals surface area contributed by atoms with Crippen molar-refractivity contribution in [3.8, 4) is 16.9 Å². The number of carbonyl (C=O) groups excluding carboxylic acids is 1. The van der Waals surface area contributed by atoms with Crippen molar-refractivity contribution in [2.75, 3.05) is 0 Å². The van der Waals surface area contributed by atoms with Crippen LogP contribution in [0.2, 0.25) is 0 Å². The van der Waals surface area contributed by atoms with Crippen molar-refractivity contribution >= 4 is 5.91 Å². The molecule has 6 nitrogen and oxygen atoms in total. The number of carbonyl (C=O) groups is 1. The second kappa shape index (κ2) is 8.87. The summed E-state index contributed by atoms with van der Waals surface area (Å²) < 4.78 is 14.9. The Kier molecular flexibility index (Phi) is 5.84. The number of aromatic nitrogens is 4. The molecule has 0 bridgehead atoms. The van der Waals surface area contributed by atoms with E-state index in [2.05, 4.69) is 27.5 Å². The first-order valence-electron chi connectivity index (χ1n) is 10.1. The van der Waals surface area contributed by atoms with Crippen molar-refractivity contribution in [2.24, 2.45) is 0 Å². The monoisotopic (exact) mass is 415 g/mol. The van der Waals surface area contributed by atoms with Crippen LogP contribution in [0.15, 0.2) is 73.1 Å². The van der Waals surface area contributed by atoms with Crippen LogP contribution in [0.5, 0.6) is 0 Å². The molecule has 2 heterocycles. The summed E-state index contributed by atoms with van der Waals surface area (Å²) >= 11 is 0. The van der Waals surface area contributed by atoms with E-state index in [1.165, 1.54) is 17.7 Å². The Hall–Kier alpha value is -3.87. The zero-order chi connectivity index (χ0) is 21.8. The molecule has 2 aromatic carbocycles. The van der Waals surface area contributed by atoms with Crippen LogP contribution >= 0.6 is 0 Å². The van der Waals surface area contributed by atoms with Crippen LogP contribution in [0, 0.1) is 5.82 Å². The van der Waals surface area contributed by atoms with Gasteiger partial charge >= 0.3 is 0 Å². The van der Waals surface area contributed by atoms with Gasteiger partial charge in [0, 0.05) is 18.0 Å². The van der Waals surface area contributed by atoms with Crippen molar-refractivity contribution < 1.29 is 9.18 Å². The number of halogens is 1. The quantitative estimate of drug-likeness (QED) is 0.502. The van der Waals surface area contributed by atoms with E-state index in [0.29, 0.717) is 5.69 Å². The number of hydrogen-bond acceptors (Lipinski definition) is 4. The van der Waals surface area contributed by atoms with E-state index in [-0.39, 0.29) is 23.5 Å². The summed E-state index contributed by atoms with van der Waals surface area (Å²) in [5.74, 6) is -0.681. The van der Waals surface area contributed by atoms with Gasteiger partial charge in [-0.15, -0.1) is 5.10 Å². The van der Waals surface area contributed by atoms with Gasteiger partial charge in [0.2, 0.25) is 0 Å². The lowest BCUT2D eigenvalue weighted by atomic mass is 10.1. The Balaban J connectivity index is 1.70. The zero-order valence-corrected chi connectivity index (χ0v) is 17.3. The molecule has 31 heavy (non-hydrogen) atoms. The average molecular weight is 415 g/mol. The number of aryl methyl sites for hydroxylation is 1. The van der Waals surface area contributed by atoms with Crippen molar-refractivity contribution in [1.82, 2.24) is 25.3 Å². The van der Waals surface area contributed by atoms with E-state index < -0.39 is 0 Å². The number of hydrogen-bond donors (Lipinski definition) is 1. The lowest BCUT2D eigenvalue weighted by Gasteiger charge is -2.14. The third-order valence-corrected chi connectivity index (χ3v) is 5.15. The first-order valence-corrected chi connectivity index (χ1v) is 10.1. The van der Waals surface area contributed by atoms with Crippen molar-refractivity contribution in [3.63, 3.8) is 0 Å². The molecule has 0 saturated carbocycles. The molecule has 0 saturated heterocycles. The Morgan fingerprint density at radius 2 is 1.71 bits per heavy atom. The number of rotatable bonds is 6. The highest BCUT2D eigenvalue weighted by Gasteiger charge is 2.23. The first kappa shape index (κ1) is 20.4. The van der Waals surface area contributed by atoms with Gasteiger partial charge in [-0.05, 0) is 60.9 Å². The summed E-state index contributed by atoms with van der Waals surface area (Å²) in [5.41, 5.74) is 4.37. The number of benzene rings is 2. The summed E-state index contributed by atoms with van der Waals surface area (Å²) in [6.07, 6.45) is 4.26. The molecule has 4 rings (SSSR count). The van der Waals surface area contributed by atoms with Crippen molar-refractivity contribution in [2.45, 2.75) is 26.3 Å². The van der Waals surface area contributed by atoms with Crippen LogP contribution in [0.3, 0.4) is 0 Å². The summed E-state index contributed by atoms with van der Waals surface area (Å²) in [4.78, 5) is 17.2. The topological polar surface area (TPSA) is 72.7 Å². The Bertz CT molecular complexity index is 1170. The molecule has 0 aliphatic rings. The van der Waals surface area contributed by atoms with Gasteiger partial charge < -0.3 is 5.32 Å². The van der Waals surface area contributed by atoms with Crippen LogP contribution in [-0.2, 0) is 6.42 Å². The molecule has 2 aromatic heterocycles. The lowest BCUT2D eigenvalue weighted by molar-refractivity contribution is 0.0935. The van der Waals surface area contributed by atoms with Gasteiger partial charge in [-0.2, -0.15) is 0 Å². The summed E-state index contributed by atoms with van der Waals surface area (Å²) in [6.45, 7) is 3.93. The van der Waals surface area contributed by atoms with Gasteiger partial charge in [0.05, 0.1) is 11.7 Å². The van der Waals surface area contributed by atoms with Crippen molar-refractivity contribution in [1.29, 1.82) is 0 Å². The number of nitrogens with one attached hydrogen (secondary N) is 1. The second-order valence-corrected chi connectivity index (χ2v) is 7.20. The molecular formula is C24H22FN5O. The lowest BCUT2D eigenvalue weighted by Crippen LogP contribution is -2.27. The minimum Gasteiger partial charge on any atom is -0.344 e. The molecule has 1 N–H and O–H groups in total. The SMILES string of the molecule is CCc1ccc(-n2nnc(C(=O)N[C@H](C)c3ccc(F)cc3)c2-c2ccncc2)cc1. The minimum atomic E-state index is -0.361. The van der Waals surface area contributed by atoms with Gasteiger partial charge in [-0.25, -0.2) is 9.07 Å². The molecular weight excluding hydrogens is 393 g/mol. The second-order valence-electron chi connectivity index (χ2n) is 7.20. The molecule has 0 unspecified atom stereocenters. The fourth-order valence-corrected chi connectivity index (χ4v) is 3.36. The predicted octanol–water partition coefficient (Wildman–Crippen LogP) is 4.52. The van der Waals surface area contributed by atoms with Gasteiger partial charge in [0.1, 0.15) is 11.5 Å². The van der Waals surface area contributed by atoms with Gasteiger partial charge in [-0.3, -0.25) is 9.78 Å². The molecule has 0 spiro atoms. The first-order chi connectivity index (χ1) is 15.1. The van der Waals surface area contributed by atoms with E-state index in [9.17, 15) is 9.18 Å². The zero-order valence-electron chi connectivity index (χ0n) is 17.3. The molecule has 1 amide bonds. The fourth-order valence-electron chi connectivity index (χ4n) is 3.36. The standard InChI is InChI=1S/C24H22FN5O/c1-3-17-4-10-21(11-5-17)30-23(19-12-14-26-15-13-19)22(28-29-30)24(31)27-16(2)18-6-8-20(25)9-7-18/h4-16H,3H2,1-2H3,(H,27,31)/t16-/m1/s1. The predicted molar refractivity (Wildman–Crippen MR) is 116 cm³/mol. The van der Waals surface area contributed by atoms with Crippen LogP contribution in [0.4, 0.5) is 4.39 Å². The molecule has 0 radical (unpaired) electrons. The van der Waals surface area contributed by atoms with Gasteiger partial charge in [0.25, 0.3) is 5.91 Å². The van der Waals surface area contributed by atoms with Crippen LogP contribution in [0.1, 0.15) is 41.5 Å². The maximum absolute atomic E-state index is 13.2. The highest BCUT2D eigenvalue weighted by Crippen LogP contribution is 2.26. The molecule has 4 aromatic rings. The number of nitrogens with zero attached hydrogens (tertiary/aromatic N) is 4. The molecule has 1 atom stereocenters. The fraction of sp³-hybridized carbons (Fsp3) is 0.167. The number of pyridine rings is 1. The van der Waals surface area contributed by atoms with E-state index >= 15 is 0 Å². The maximum Gasteiger partial charge on any atom is 0.274 e. The average Bonchev–Trinajstić information content (AvgIpc) is 3.25. The molecule has 7 heteroatoms. The van der Waals surface area contributed by atoms with Crippen molar-refractivity contribution in [3.05, 3.63) is 95.7 Å². The van der Waals surface area contributed by atoms with E-state index in [1.54, 1.807) is 29.2 Å².